The zero-order chi connectivity index (χ0) is 14.2. The quantitative estimate of drug-likeness (QED) is 0.781. The first-order valence-electron chi connectivity index (χ1n) is 7.74. The molecule has 2 rings (SSSR count). The summed E-state index contributed by atoms with van der Waals surface area (Å²) in [6, 6.07) is 0.500. The van der Waals surface area contributed by atoms with E-state index in [-0.39, 0.29) is 0 Å². The Hall–Kier alpha value is -1.52. The van der Waals surface area contributed by atoms with Gasteiger partial charge in [0.1, 0.15) is 6.33 Å². The number of methoxy groups -OCH3 is 1. The molecule has 0 aromatic carbocycles. The topological polar surface area (TPSA) is 59.1 Å². The summed E-state index contributed by atoms with van der Waals surface area (Å²) in [4.78, 5) is 8.63. The van der Waals surface area contributed by atoms with Crippen LogP contribution in [-0.2, 0) is 0 Å². The third-order valence-corrected chi connectivity index (χ3v) is 3.75. The van der Waals surface area contributed by atoms with Gasteiger partial charge in [0.25, 0.3) is 0 Å². The summed E-state index contributed by atoms with van der Waals surface area (Å²) < 4.78 is 5.50. The number of aromatic nitrogens is 2. The third kappa shape index (κ3) is 3.99. The van der Waals surface area contributed by atoms with Crippen molar-refractivity contribution in [2.75, 3.05) is 24.3 Å². The molecule has 112 valence electrons. The largest absolute Gasteiger partial charge is 0.490 e. The summed E-state index contributed by atoms with van der Waals surface area (Å²) in [5.74, 6) is 2.32. The lowest BCUT2D eigenvalue weighted by atomic mass is 10.1. The summed E-state index contributed by atoms with van der Waals surface area (Å²) in [5, 5.41) is 6.83. The van der Waals surface area contributed by atoms with E-state index in [1.165, 1.54) is 38.5 Å². The Morgan fingerprint density at radius 1 is 1.15 bits per heavy atom. The van der Waals surface area contributed by atoms with Crippen LogP contribution in [0.1, 0.15) is 51.9 Å². The molecule has 0 saturated heterocycles. The maximum Gasteiger partial charge on any atom is 0.204 e. The van der Waals surface area contributed by atoms with E-state index in [2.05, 4.69) is 27.5 Å². The second kappa shape index (κ2) is 7.92. The normalized spacial score (nSPS) is 16.5. The minimum absolute atomic E-state index is 0.500. The van der Waals surface area contributed by atoms with Crippen LogP contribution in [0, 0.1) is 0 Å². The number of hydrogen-bond acceptors (Lipinski definition) is 5. The van der Waals surface area contributed by atoms with Crippen molar-refractivity contribution in [2.45, 2.75) is 57.9 Å². The number of anilines is 2. The van der Waals surface area contributed by atoms with Crippen LogP contribution in [0.5, 0.6) is 5.75 Å². The highest BCUT2D eigenvalue weighted by Crippen LogP contribution is 2.31. The lowest BCUT2D eigenvalue weighted by Gasteiger charge is -2.19. The van der Waals surface area contributed by atoms with E-state index >= 15 is 0 Å². The summed E-state index contributed by atoms with van der Waals surface area (Å²) in [6.07, 6.45) is 10.4. The van der Waals surface area contributed by atoms with Crippen molar-refractivity contribution in [1.82, 2.24) is 9.97 Å². The highest BCUT2D eigenvalue weighted by molar-refractivity contribution is 5.63. The van der Waals surface area contributed by atoms with Gasteiger partial charge in [-0.25, -0.2) is 9.97 Å². The fourth-order valence-electron chi connectivity index (χ4n) is 2.66. The fraction of sp³-hybridized carbons (Fsp3) is 0.733. The molecule has 20 heavy (non-hydrogen) atoms. The summed E-state index contributed by atoms with van der Waals surface area (Å²) >= 11 is 0. The summed E-state index contributed by atoms with van der Waals surface area (Å²) in [5.41, 5.74) is 0. The highest BCUT2D eigenvalue weighted by atomic mass is 16.5. The molecule has 1 aromatic heterocycles. The average molecular weight is 278 g/mol. The predicted octanol–water partition coefficient (Wildman–Crippen LogP) is 3.44. The highest BCUT2D eigenvalue weighted by Gasteiger charge is 2.17. The van der Waals surface area contributed by atoms with Crippen molar-refractivity contribution in [3.05, 3.63) is 6.33 Å². The standard InChI is InChI=1S/C15H26N4O/c1-3-10-16-14-13(20-2)15(18-11-17-14)19-12-8-6-4-5-7-9-12/h11-12H,3-10H2,1-2H3,(H2,16,17,18,19). The van der Waals surface area contributed by atoms with Crippen molar-refractivity contribution >= 4 is 11.6 Å². The fourth-order valence-corrected chi connectivity index (χ4v) is 2.66. The van der Waals surface area contributed by atoms with Crippen LogP contribution >= 0.6 is 0 Å². The van der Waals surface area contributed by atoms with Crippen molar-refractivity contribution in [1.29, 1.82) is 0 Å². The lowest BCUT2D eigenvalue weighted by Crippen LogP contribution is -2.20. The molecule has 1 fully saturated rings. The Balaban J connectivity index is 2.09. The number of ether oxygens (including phenoxy) is 1. The molecule has 1 saturated carbocycles. The Morgan fingerprint density at radius 2 is 1.85 bits per heavy atom. The molecule has 1 aromatic rings. The van der Waals surface area contributed by atoms with Gasteiger partial charge >= 0.3 is 0 Å². The molecule has 0 amide bonds. The van der Waals surface area contributed by atoms with E-state index in [9.17, 15) is 0 Å². The van der Waals surface area contributed by atoms with Gasteiger partial charge in [-0.05, 0) is 19.3 Å². The molecule has 0 radical (unpaired) electrons. The van der Waals surface area contributed by atoms with E-state index in [4.69, 9.17) is 4.74 Å². The molecular weight excluding hydrogens is 252 g/mol. The molecule has 0 aliphatic heterocycles. The first kappa shape index (κ1) is 14.9. The van der Waals surface area contributed by atoms with E-state index in [1.54, 1.807) is 13.4 Å². The first-order valence-corrected chi connectivity index (χ1v) is 7.74. The number of nitrogens with zero attached hydrogens (tertiary/aromatic N) is 2. The van der Waals surface area contributed by atoms with Crippen LogP contribution < -0.4 is 15.4 Å². The Morgan fingerprint density at radius 3 is 2.50 bits per heavy atom. The first-order chi connectivity index (χ1) is 9.85. The van der Waals surface area contributed by atoms with Crippen LogP contribution in [0.3, 0.4) is 0 Å². The van der Waals surface area contributed by atoms with Gasteiger partial charge in [-0.1, -0.05) is 32.6 Å². The molecule has 1 aliphatic rings. The van der Waals surface area contributed by atoms with E-state index in [0.717, 1.165) is 30.4 Å². The Kier molecular flexibility index (Phi) is 5.89. The van der Waals surface area contributed by atoms with Gasteiger partial charge in [0.2, 0.25) is 5.75 Å². The van der Waals surface area contributed by atoms with Crippen molar-refractivity contribution in [3.63, 3.8) is 0 Å². The Labute approximate surface area is 121 Å². The molecule has 0 atom stereocenters. The Bertz CT molecular complexity index is 403. The van der Waals surface area contributed by atoms with Gasteiger partial charge in [-0.2, -0.15) is 0 Å². The predicted molar refractivity (Wildman–Crippen MR) is 82.5 cm³/mol. The van der Waals surface area contributed by atoms with E-state index in [0.29, 0.717) is 6.04 Å². The van der Waals surface area contributed by atoms with Gasteiger partial charge in [-0.15, -0.1) is 0 Å². The van der Waals surface area contributed by atoms with Crippen molar-refractivity contribution in [3.8, 4) is 5.75 Å². The molecule has 0 bridgehead atoms. The summed E-state index contributed by atoms with van der Waals surface area (Å²) in [6.45, 7) is 3.02. The number of rotatable bonds is 6. The van der Waals surface area contributed by atoms with E-state index in [1.807, 2.05) is 0 Å². The van der Waals surface area contributed by atoms with E-state index < -0.39 is 0 Å². The minimum Gasteiger partial charge on any atom is -0.490 e. The van der Waals surface area contributed by atoms with Crippen LogP contribution in [0.25, 0.3) is 0 Å². The second-order valence-electron chi connectivity index (χ2n) is 5.36. The average Bonchev–Trinajstić information content (AvgIpc) is 2.74. The van der Waals surface area contributed by atoms with Gasteiger partial charge in [0.05, 0.1) is 7.11 Å². The van der Waals surface area contributed by atoms with Gasteiger partial charge in [0.15, 0.2) is 11.6 Å². The minimum atomic E-state index is 0.500. The summed E-state index contributed by atoms with van der Waals surface area (Å²) in [7, 11) is 1.67. The maximum absolute atomic E-state index is 5.50. The molecule has 2 N–H and O–H groups in total. The van der Waals surface area contributed by atoms with Crippen LogP contribution in [-0.4, -0.2) is 29.7 Å². The third-order valence-electron chi connectivity index (χ3n) is 3.75. The smallest absolute Gasteiger partial charge is 0.204 e. The molecule has 1 aliphatic carbocycles. The molecular formula is C15H26N4O. The molecule has 5 heteroatoms. The van der Waals surface area contributed by atoms with Crippen LogP contribution in [0.2, 0.25) is 0 Å². The molecule has 5 nitrogen and oxygen atoms in total. The van der Waals surface area contributed by atoms with Crippen LogP contribution in [0.4, 0.5) is 11.6 Å². The van der Waals surface area contributed by atoms with Gasteiger partial charge in [-0.3, -0.25) is 0 Å². The van der Waals surface area contributed by atoms with Crippen LogP contribution in [0.15, 0.2) is 6.33 Å². The molecule has 0 spiro atoms. The molecule has 0 unspecified atom stereocenters. The monoisotopic (exact) mass is 278 g/mol. The number of hydrogen-bond donors (Lipinski definition) is 2. The molecule has 1 heterocycles. The van der Waals surface area contributed by atoms with Gasteiger partial charge < -0.3 is 15.4 Å². The SMILES string of the molecule is CCCNc1ncnc(NC2CCCCCC2)c1OC. The van der Waals surface area contributed by atoms with Gasteiger partial charge in [0, 0.05) is 12.6 Å². The maximum atomic E-state index is 5.50. The second-order valence-corrected chi connectivity index (χ2v) is 5.36. The van der Waals surface area contributed by atoms with Crippen molar-refractivity contribution in [2.24, 2.45) is 0 Å². The van der Waals surface area contributed by atoms with Crippen molar-refractivity contribution < 1.29 is 4.74 Å². The lowest BCUT2D eigenvalue weighted by molar-refractivity contribution is 0.413. The zero-order valence-corrected chi connectivity index (χ0v) is 12.6. The zero-order valence-electron chi connectivity index (χ0n) is 12.6. The number of nitrogens with one attached hydrogen (secondary N) is 2.